The van der Waals surface area contributed by atoms with Gasteiger partial charge in [0.15, 0.2) is 25.2 Å². The molecule has 8 rings (SSSR count). The van der Waals surface area contributed by atoms with Crippen molar-refractivity contribution in [1.29, 1.82) is 0 Å². The number of rotatable bonds is 14. The van der Waals surface area contributed by atoms with Crippen LogP contribution in [0.5, 0.6) is 0 Å². The molecule has 0 spiro atoms. The van der Waals surface area contributed by atoms with Crippen molar-refractivity contribution in [2.24, 2.45) is 46.3 Å². The molecule has 0 amide bonds. The number of hydrogen-bond acceptors (Lipinski definition) is 24. The van der Waals surface area contributed by atoms with Crippen LogP contribution in [0.3, 0.4) is 0 Å². The molecule has 8 heterocycles. The van der Waals surface area contributed by atoms with Crippen LogP contribution in [0, 0.1) is 46.3 Å². The number of cyclic esters (lactones) is 2. The van der Waals surface area contributed by atoms with Crippen molar-refractivity contribution in [3.05, 3.63) is 22.7 Å². The quantitative estimate of drug-likeness (QED) is 0.0915. The highest BCUT2D eigenvalue weighted by Crippen LogP contribution is 2.53. The molecule has 0 saturated carbocycles. The highest BCUT2D eigenvalue weighted by atomic mass is 16.7. The molecule has 8 aliphatic rings. The number of aliphatic hydroxyl groups excluding tert-OH is 6. The van der Waals surface area contributed by atoms with Crippen molar-refractivity contribution in [3.63, 3.8) is 0 Å². The van der Waals surface area contributed by atoms with E-state index >= 15 is 0 Å². The van der Waals surface area contributed by atoms with E-state index in [1.807, 2.05) is 149 Å². The molecule has 24 nitrogen and oxygen atoms in total. The minimum atomic E-state index is -1.03. The van der Waals surface area contributed by atoms with Gasteiger partial charge in [0.25, 0.3) is 0 Å². The molecular formula is C74H130N2O22. The molecule has 4 bridgehead atoms. The second kappa shape index (κ2) is 31.6. The van der Waals surface area contributed by atoms with E-state index in [9.17, 15) is 40.2 Å². The molecule has 19 unspecified atom stereocenters. The van der Waals surface area contributed by atoms with Crippen molar-refractivity contribution in [1.82, 2.24) is 9.80 Å². The first-order chi connectivity index (χ1) is 45.2. The second-order valence-electron chi connectivity index (χ2n) is 33.2. The average Bonchev–Trinajstić information content (AvgIpc) is 1.57. The van der Waals surface area contributed by atoms with Gasteiger partial charge in [-0.1, -0.05) is 62.3 Å². The SMILES string of the molecule is CO[C@]1(C)CC(OC2CC(=O)OC(C(C)(C)C(C)O)[C@@H](C)C3=C(C)C[C@@](C)(O3)C(OC3O[C@H](C)CC(N(C)C)C3O)[C@H]2C)O[C@@H](C)C1O.CO[C@]1(C)CC(OC2[C@H](C)C(OC3O[C@H](C)CC(N(C)C)C3O)[C@]3(C)OC(=C(C)C3C)[C@H](C)C(O)C(C)(C)C(C)OC(=O)[C@@H]2C)O[C@@H](C)C1O. The Morgan fingerprint density at radius 2 is 1.07 bits per heavy atom. The van der Waals surface area contributed by atoms with Gasteiger partial charge < -0.3 is 107 Å². The minimum Gasteiger partial charge on any atom is -0.488 e. The predicted molar refractivity (Wildman–Crippen MR) is 364 cm³/mol. The summed E-state index contributed by atoms with van der Waals surface area (Å²) in [5.41, 5.74) is -3.53. The summed E-state index contributed by atoms with van der Waals surface area (Å²) in [4.78, 5) is 32.0. The van der Waals surface area contributed by atoms with Gasteiger partial charge in [0, 0.05) is 80.1 Å². The number of nitrogens with zero attached hydrogens (tertiary/aromatic N) is 2. The Morgan fingerprint density at radius 3 is 1.54 bits per heavy atom. The van der Waals surface area contributed by atoms with E-state index in [-0.39, 0.29) is 55.4 Å². The van der Waals surface area contributed by atoms with Crippen molar-refractivity contribution in [2.45, 2.75) is 348 Å². The fourth-order valence-corrected chi connectivity index (χ4v) is 16.8. The highest BCUT2D eigenvalue weighted by molar-refractivity contribution is 5.73. The fourth-order valence-electron chi connectivity index (χ4n) is 16.8. The van der Waals surface area contributed by atoms with Crippen LogP contribution < -0.4 is 0 Å². The Labute approximate surface area is 585 Å². The van der Waals surface area contributed by atoms with Gasteiger partial charge in [-0.15, -0.1) is 0 Å². The third-order valence-corrected chi connectivity index (χ3v) is 24.7. The van der Waals surface area contributed by atoms with Crippen LogP contribution in [0.1, 0.15) is 191 Å². The van der Waals surface area contributed by atoms with Crippen LogP contribution in [-0.4, -0.2) is 252 Å². The van der Waals surface area contributed by atoms with E-state index in [0.29, 0.717) is 30.8 Å². The lowest BCUT2D eigenvalue weighted by Crippen LogP contribution is -2.61. The summed E-state index contributed by atoms with van der Waals surface area (Å²) in [5, 5.41) is 67.6. The zero-order valence-corrected chi connectivity index (χ0v) is 64.5. The number of ether oxygens (including phenoxy) is 14. The van der Waals surface area contributed by atoms with Gasteiger partial charge in [-0.3, -0.25) is 9.59 Å². The van der Waals surface area contributed by atoms with E-state index in [1.54, 1.807) is 48.8 Å². The van der Waals surface area contributed by atoms with Crippen LogP contribution in [0.4, 0.5) is 0 Å². The summed E-state index contributed by atoms with van der Waals surface area (Å²) in [6, 6.07) is -0.403. The third-order valence-electron chi connectivity index (χ3n) is 24.7. The molecule has 0 aromatic rings. The number of carbonyl (C=O) groups excluding carboxylic acids is 2. The number of likely N-dealkylation sites (N-methyl/N-ethyl adjacent to an activating group) is 2. The van der Waals surface area contributed by atoms with E-state index < -0.39 is 179 Å². The maximum Gasteiger partial charge on any atom is 0.311 e. The van der Waals surface area contributed by atoms with Crippen molar-refractivity contribution in [3.8, 4) is 0 Å². The summed E-state index contributed by atoms with van der Waals surface area (Å²) < 4.78 is 90.1. The molecule has 6 saturated heterocycles. The Morgan fingerprint density at radius 1 is 0.592 bits per heavy atom. The van der Waals surface area contributed by atoms with Crippen LogP contribution in [0.2, 0.25) is 0 Å². The molecule has 0 aromatic carbocycles. The number of hydrogen-bond donors (Lipinski definition) is 6. The standard InChI is InChI=1S/C38H67NO11.C36H63NO11/c1-18-16-26(39(13)14)28(40)35(45-18)49-33-21(4)29(48-27-17-37(11,44-15)32(42)24(7)46-27)22(5)34(43)47-25(8)36(9,10)31(41)20(3)30-19(2)23(6)38(33,12)50-30;1-18-16-36(10)32(47-33-28(40)24(37(11)12)14-19(2)43-33)20(3)25(45-27-17-35(9,42-13)30(41)22(5)44-27)15-26(39)46-31(21(4)29(18)48-36)34(7,8)23(6)38/h18,20-29,31-33,35,40-42H,16-17H2,1-15H3;19-25,27-28,30-33,38,40-41H,14-17H2,1-13H3/t18-,20+,21+,22-,23?,24+,25?,26?,27?,28?,29?,31?,32?,33?,35?,37-,38-;19-,20+,21+,22+,23?,24?,25?,27?,28?,30?,31?,32?,33?,35-,36-/m11/s1. The van der Waals surface area contributed by atoms with E-state index in [2.05, 4.69) is 6.92 Å². The Balaban J connectivity index is 0.000000276. The lowest BCUT2D eigenvalue weighted by atomic mass is 9.73. The summed E-state index contributed by atoms with van der Waals surface area (Å²) in [6.45, 7) is 41.8. The van der Waals surface area contributed by atoms with Crippen LogP contribution >= 0.6 is 0 Å². The smallest absolute Gasteiger partial charge is 0.311 e. The highest BCUT2D eigenvalue weighted by Gasteiger charge is 2.60. The normalized spacial score (nSPS) is 47.3. The molecule has 8 aliphatic heterocycles. The second-order valence-corrected chi connectivity index (χ2v) is 33.2. The lowest BCUT2D eigenvalue weighted by molar-refractivity contribution is -0.318. The molecule has 6 fully saturated rings. The number of esters is 2. The average molecular weight is 1400 g/mol. The molecular weight excluding hydrogens is 1270 g/mol. The summed E-state index contributed by atoms with van der Waals surface area (Å²) >= 11 is 0. The Bertz CT molecular complexity index is 2750. The molecule has 6 N–H and O–H groups in total. The monoisotopic (exact) mass is 1400 g/mol. The molecule has 0 aliphatic carbocycles. The van der Waals surface area contributed by atoms with Gasteiger partial charge in [-0.05, 0) is 142 Å². The predicted octanol–water partition coefficient (Wildman–Crippen LogP) is 7.55. The van der Waals surface area contributed by atoms with Crippen molar-refractivity contribution >= 4 is 11.9 Å². The molecule has 24 heteroatoms. The third kappa shape index (κ3) is 16.7. The van der Waals surface area contributed by atoms with Gasteiger partial charge in [-0.2, -0.15) is 0 Å². The van der Waals surface area contributed by atoms with Crippen LogP contribution in [-0.2, 0) is 75.9 Å². The fraction of sp³-hybridized carbons (Fsp3) is 0.919. The summed E-state index contributed by atoms with van der Waals surface area (Å²) in [5.74, 6) is -2.51. The first-order valence-electron chi connectivity index (χ1n) is 36.1. The number of fused-ring (bicyclic) bond motifs is 4. The number of aliphatic hydroxyl groups is 6. The van der Waals surface area contributed by atoms with Crippen molar-refractivity contribution in [2.75, 3.05) is 42.4 Å². The lowest BCUT2D eigenvalue weighted by Gasteiger charge is -2.49. The summed E-state index contributed by atoms with van der Waals surface area (Å²) in [7, 11) is 10.8. The summed E-state index contributed by atoms with van der Waals surface area (Å²) in [6.07, 6.45) is -13.0. The van der Waals surface area contributed by atoms with Gasteiger partial charge in [0.05, 0.1) is 78.3 Å². The van der Waals surface area contributed by atoms with Gasteiger partial charge in [0.1, 0.15) is 71.6 Å². The van der Waals surface area contributed by atoms with E-state index in [1.165, 1.54) is 0 Å². The maximum atomic E-state index is 14.1. The molecule has 568 valence electrons. The molecule has 32 atom stereocenters. The zero-order chi connectivity index (χ0) is 73.9. The van der Waals surface area contributed by atoms with Gasteiger partial charge in [-0.25, -0.2) is 0 Å². The number of carbonyl (C=O) groups is 2. The minimum absolute atomic E-state index is 0.139. The van der Waals surface area contributed by atoms with Crippen molar-refractivity contribution < 1.29 is 107 Å². The Kier molecular flexibility index (Phi) is 26.6. The maximum absolute atomic E-state index is 14.1. The van der Waals surface area contributed by atoms with Gasteiger partial charge in [0.2, 0.25) is 0 Å². The van der Waals surface area contributed by atoms with Crippen LogP contribution in [0.25, 0.3) is 0 Å². The van der Waals surface area contributed by atoms with E-state index in [0.717, 1.165) is 11.1 Å². The number of methoxy groups -OCH3 is 2. The first kappa shape index (κ1) is 82.6. The topological polar surface area (TPSA) is 291 Å². The largest absolute Gasteiger partial charge is 0.488 e. The van der Waals surface area contributed by atoms with Gasteiger partial charge >= 0.3 is 11.9 Å². The molecule has 98 heavy (non-hydrogen) atoms. The zero-order valence-electron chi connectivity index (χ0n) is 64.5. The Hall–Kier alpha value is -2.70. The van der Waals surface area contributed by atoms with Crippen LogP contribution in [0.15, 0.2) is 22.7 Å². The first-order valence-corrected chi connectivity index (χ1v) is 36.1. The molecule has 0 aromatic heterocycles. The van der Waals surface area contributed by atoms with E-state index in [4.69, 9.17) is 66.3 Å². The molecule has 0 radical (unpaired) electrons.